The molecular weight excluding hydrogens is 1090 g/mol. The molecule has 12 rings (SSSR count). The van der Waals surface area contributed by atoms with Gasteiger partial charge in [0.05, 0.1) is 114 Å². The normalized spacial score (nSPS) is 36.2. The third-order valence-electron chi connectivity index (χ3n) is 12.6. The Bertz CT molecular complexity index is 1690. The van der Waals surface area contributed by atoms with Crippen LogP contribution in [0.2, 0.25) is 0 Å². The number of halogens is 1. The maximum atomic E-state index is 10.7. The third kappa shape index (κ3) is 22.2. The molecule has 0 aromatic carbocycles. The molecule has 0 spiro atoms. The van der Waals surface area contributed by atoms with E-state index < -0.39 is 11.9 Å². The summed E-state index contributed by atoms with van der Waals surface area (Å²) in [6, 6.07) is 0. The fraction of sp³-hybridized carbons (Fsp3) is 0.784. The highest BCUT2D eigenvalue weighted by Gasteiger charge is 2.44. The average Bonchev–Trinajstić information content (AvgIpc) is 4.20. The maximum absolute atomic E-state index is 10.7. The molecule has 16 atom stereocenters. The molecule has 22 nitrogen and oxygen atoms in total. The zero-order valence-electron chi connectivity index (χ0n) is 42.6. The lowest BCUT2D eigenvalue weighted by Gasteiger charge is -2.13. The van der Waals surface area contributed by atoms with Crippen LogP contribution < -0.4 is 0 Å². The van der Waals surface area contributed by atoms with Crippen molar-refractivity contribution >= 4 is 40.5 Å². The third-order valence-corrected chi connectivity index (χ3v) is 13.8. The van der Waals surface area contributed by atoms with Gasteiger partial charge in [0.25, 0.3) is 0 Å². The molecule has 11 saturated heterocycles. The van der Waals surface area contributed by atoms with Crippen LogP contribution in [0.1, 0.15) is 65.7 Å². The Morgan fingerprint density at radius 3 is 1.45 bits per heavy atom. The predicted octanol–water partition coefficient (Wildman–Crippen LogP) is 2.28. The number of aliphatic hydroxyl groups is 4. The number of ether oxygens (including phenoxy) is 15. The van der Waals surface area contributed by atoms with Crippen molar-refractivity contribution in [2.24, 2.45) is 29.6 Å². The highest BCUT2D eigenvalue weighted by atomic mass is 127. The molecular formula is C51H77IO22. The highest BCUT2D eigenvalue weighted by molar-refractivity contribution is 14.1. The topological polar surface area (TPSA) is 271 Å². The lowest BCUT2D eigenvalue weighted by molar-refractivity contribution is -0.156. The second-order valence-corrected chi connectivity index (χ2v) is 19.7. The van der Waals surface area contributed by atoms with Crippen molar-refractivity contribution in [2.75, 3.05) is 92.5 Å². The van der Waals surface area contributed by atoms with Gasteiger partial charge in [-0.05, 0) is 50.2 Å². The minimum absolute atomic E-state index is 0.0532. The van der Waals surface area contributed by atoms with Crippen LogP contribution in [0.3, 0.4) is 0 Å². The molecule has 0 amide bonds. The number of aliphatic hydroxyl groups excluding tert-OH is 4. The van der Waals surface area contributed by atoms with Gasteiger partial charge in [-0.3, -0.25) is 14.4 Å². The van der Waals surface area contributed by atoms with Gasteiger partial charge >= 0.3 is 17.9 Å². The molecule has 0 radical (unpaired) electrons. The Labute approximate surface area is 447 Å². The Kier molecular flexibility index (Phi) is 30.5. The summed E-state index contributed by atoms with van der Waals surface area (Å²) in [4.78, 5) is 30.3. The lowest BCUT2D eigenvalue weighted by atomic mass is 10.0. The molecule has 0 aromatic heterocycles. The summed E-state index contributed by atoms with van der Waals surface area (Å²) < 4.78 is 76.7. The minimum atomic E-state index is -0.562. The van der Waals surface area contributed by atoms with Crippen molar-refractivity contribution in [3.05, 3.63) is 24.5 Å². The number of hydrogen-bond donors (Lipinski definition) is 4. The number of carbonyl (C=O) groups is 3. The molecule has 12 aliphatic rings. The number of terminal acetylenes is 2. The van der Waals surface area contributed by atoms with Gasteiger partial charge in [-0.25, -0.2) is 0 Å². The highest BCUT2D eigenvalue weighted by Crippen LogP contribution is 2.35. The number of alkyl halides is 1. The number of fused-ring (bicyclic) bond motifs is 5. The molecule has 4 N–H and O–H groups in total. The van der Waals surface area contributed by atoms with E-state index in [4.69, 9.17) is 77.8 Å². The quantitative estimate of drug-likeness (QED) is 0.0788. The van der Waals surface area contributed by atoms with Gasteiger partial charge in [0, 0.05) is 50.9 Å². The van der Waals surface area contributed by atoms with Crippen LogP contribution in [0.15, 0.2) is 24.5 Å². The molecule has 0 aliphatic carbocycles. The molecule has 420 valence electrons. The van der Waals surface area contributed by atoms with Gasteiger partial charge in [-0.15, -0.1) is 12.8 Å². The van der Waals surface area contributed by atoms with E-state index in [2.05, 4.69) is 46.3 Å². The van der Waals surface area contributed by atoms with Gasteiger partial charge in [0.15, 0.2) is 37.7 Å². The molecule has 0 saturated carbocycles. The monoisotopic (exact) mass is 1170 g/mol. The summed E-state index contributed by atoms with van der Waals surface area (Å²) in [6.45, 7) is 15.9. The summed E-state index contributed by atoms with van der Waals surface area (Å²) >= 11 is 2.32. The van der Waals surface area contributed by atoms with Crippen LogP contribution in [0.4, 0.5) is 0 Å². The summed E-state index contributed by atoms with van der Waals surface area (Å²) in [7, 11) is 0. The Balaban J connectivity index is 0.000000183. The van der Waals surface area contributed by atoms with E-state index >= 15 is 0 Å². The minimum Gasteiger partial charge on any atom is -0.501 e. The zero-order valence-corrected chi connectivity index (χ0v) is 44.8. The molecule has 11 fully saturated rings. The molecule has 12 aliphatic heterocycles. The second kappa shape index (κ2) is 35.5. The van der Waals surface area contributed by atoms with Gasteiger partial charge in [0.1, 0.15) is 19.3 Å². The van der Waals surface area contributed by atoms with Crippen LogP contribution in [-0.4, -0.2) is 197 Å². The van der Waals surface area contributed by atoms with Crippen molar-refractivity contribution in [3.63, 3.8) is 0 Å². The van der Waals surface area contributed by atoms with E-state index in [9.17, 15) is 29.7 Å². The standard InChI is InChI=1S/C8H12O4.C7H9IO2.C7H10O2.3C6H10O3.C4H6O3.C4H6O.C3H4O/c1-5(9)12-7-4-11-8-6(7)2-3-10-8;1-2-4-9-7-6(8)3-5-10-7;1-5-4-9-7-6(5)2-3-8-7;3*7-5-3-9-6-4(5)1-2-8-6;1-3(5)7-4(2)6;1-2-4-5-3-1;1-2-3-4/h6-8H,2-4H2,1H3;1,6-7H,3-5H2;6-7H,1-4H2;3*4-7H,1-3H2;1-2H3;1,3H,2,4H2;1,4H,3H2/t6-,7-,8+;;;2*4-,5-,6+;;;;/m1..00..../s1. The van der Waals surface area contributed by atoms with Gasteiger partial charge in [-0.2, -0.15) is 0 Å². The number of carbonyl (C=O) groups excluding carboxylic acids is 3. The van der Waals surface area contributed by atoms with Crippen LogP contribution in [0.25, 0.3) is 0 Å². The van der Waals surface area contributed by atoms with E-state index in [1.807, 2.05) is 12.0 Å². The largest absolute Gasteiger partial charge is 0.501 e. The van der Waals surface area contributed by atoms with Crippen LogP contribution in [-0.2, 0) is 85.4 Å². The first kappa shape index (κ1) is 63.6. The average molecular weight is 1170 g/mol. The first-order chi connectivity index (χ1) is 35.7. The number of esters is 3. The van der Waals surface area contributed by atoms with Gasteiger partial charge in [0.2, 0.25) is 0 Å². The summed E-state index contributed by atoms with van der Waals surface area (Å²) in [6.07, 6.45) is 19.0. The van der Waals surface area contributed by atoms with Crippen LogP contribution in [0, 0.1) is 54.3 Å². The fourth-order valence-electron chi connectivity index (χ4n) is 8.87. The van der Waals surface area contributed by atoms with Crippen LogP contribution in [0.5, 0.6) is 0 Å². The Morgan fingerprint density at radius 1 is 0.622 bits per heavy atom. The second-order valence-electron chi connectivity index (χ2n) is 18.1. The van der Waals surface area contributed by atoms with E-state index in [0.29, 0.717) is 56.1 Å². The molecule has 74 heavy (non-hydrogen) atoms. The molecule has 23 heteroatoms. The van der Waals surface area contributed by atoms with Gasteiger partial charge < -0.3 is 91.5 Å². The van der Waals surface area contributed by atoms with Crippen LogP contribution >= 0.6 is 22.6 Å². The van der Waals surface area contributed by atoms with E-state index in [1.54, 1.807) is 6.26 Å². The fourth-order valence-corrected chi connectivity index (χ4v) is 9.54. The summed E-state index contributed by atoms with van der Waals surface area (Å²) in [5, 5.41) is 35.2. The van der Waals surface area contributed by atoms with E-state index in [1.165, 1.54) is 26.3 Å². The van der Waals surface area contributed by atoms with Crippen molar-refractivity contribution in [1.29, 1.82) is 0 Å². The van der Waals surface area contributed by atoms with Crippen molar-refractivity contribution < 1.29 is 106 Å². The SMILES string of the molecule is C#CCO.C#CCOC1OCCC1I.C1=COCC1.C=C1COC2OCCC12.CC(=O)OC(C)=O.CC(=O)O[C@@H]1CO[C@@H]2OCC[C@@H]21.OC1COC2OCCC12.O[C@H]1CO[C@H]2OCC[C@H]21.O[C@H]1CO[C@H]2OCC[C@H]21. The van der Waals surface area contributed by atoms with Crippen molar-refractivity contribution in [1.82, 2.24) is 0 Å². The Hall–Kier alpha value is -2.90. The molecule has 0 bridgehead atoms. The van der Waals surface area contributed by atoms with Crippen molar-refractivity contribution in [3.8, 4) is 24.7 Å². The molecule has 7 unspecified atom stereocenters. The predicted molar refractivity (Wildman–Crippen MR) is 267 cm³/mol. The number of rotatable bonds is 3. The summed E-state index contributed by atoms with van der Waals surface area (Å²) in [5.74, 6) is 4.56. The summed E-state index contributed by atoms with van der Waals surface area (Å²) in [5.41, 5.74) is 1.21. The van der Waals surface area contributed by atoms with Gasteiger partial charge in [-0.1, -0.05) is 41.0 Å². The maximum Gasteiger partial charge on any atom is 0.310 e. The molecule has 12 heterocycles. The lowest BCUT2D eigenvalue weighted by Crippen LogP contribution is -2.25. The Morgan fingerprint density at radius 2 is 1.08 bits per heavy atom. The first-order valence-electron chi connectivity index (χ1n) is 25.0. The smallest absolute Gasteiger partial charge is 0.310 e. The van der Waals surface area contributed by atoms with E-state index in [-0.39, 0.29) is 98.4 Å². The number of hydrogen-bond acceptors (Lipinski definition) is 22. The first-order valence-corrected chi connectivity index (χ1v) is 26.3. The van der Waals surface area contributed by atoms with E-state index in [0.717, 1.165) is 84.6 Å². The molecule has 0 aromatic rings. The zero-order chi connectivity index (χ0) is 53.8. The van der Waals surface area contributed by atoms with Crippen molar-refractivity contribution in [2.45, 2.75) is 132 Å².